The molecule has 0 saturated heterocycles. The van der Waals surface area contributed by atoms with Gasteiger partial charge in [-0.2, -0.15) is 0 Å². The summed E-state index contributed by atoms with van der Waals surface area (Å²) in [5.41, 5.74) is 2.12. The standard InChI is InChI=1S/C18H21NO3/c1-14(2)16-5-9-18(10-6-16)22-12-11-21-17-7-3-15(4-8-17)13-19-20/h3-10,13-14,20H,11-12H2,1-2H3. The van der Waals surface area contributed by atoms with Gasteiger partial charge in [0.1, 0.15) is 24.7 Å². The molecule has 0 unspecified atom stereocenters. The van der Waals surface area contributed by atoms with E-state index >= 15 is 0 Å². The van der Waals surface area contributed by atoms with Gasteiger partial charge in [-0.1, -0.05) is 31.1 Å². The molecular weight excluding hydrogens is 278 g/mol. The molecule has 22 heavy (non-hydrogen) atoms. The summed E-state index contributed by atoms with van der Waals surface area (Å²) >= 11 is 0. The number of hydrogen-bond donors (Lipinski definition) is 1. The van der Waals surface area contributed by atoms with Crippen molar-refractivity contribution in [2.45, 2.75) is 19.8 Å². The Kier molecular flexibility index (Phi) is 5.83. The lowest BCUT2D eigenvalue weighted by atomic mass is 10.0. The quantitative estimate of drug-likeness (QED) is 0.363. The van der Waals surface area contributed by atoms with Crippen molar-refractivity contribution in [3.63, 3.8) is 0 Å². The summed E-state index contributed by atoms with van der Waals surface area (Å²) in [6.45, 7) is 5.29. The molecular formula is C18H21NO3. The molecule has 0 aliphatic heterocycles. The second kappa shape index (κ2) is 8.08. The molecule has 2 rings (SSSR count). The van der Waals surface area contributed by atoms with Crippen molar-refractivity contribution in [3.8, 4) is 11.5 Å². The third-order valence-corrected chi connectivity index (χ3v) is 3.25. The second-order valence-electron chi connectivity index (χ2n) is 5.23. The third-order valence-electron chi connectivity index (χ3n) is 3.25. The van der Waals surface area contributed by atoms with Crippen molar-refractivity contribution in [2.24, 2.45) is 5.16 Å². The maximum atomic E-state index is 8.44. The molecule has 2 aromatic rings. The molecule has 0 fully saturated rings. The van der Waals surface area contributed by atoms with Gasteiger partial charge in [-0.25, -0.2) is 0 Å². The number of rotatable bonds is 7. The summed E-state index contributed by atoms with van der Waals surface area (Å²) in [4.78, 5) is 0. The smallest absolute Gasteiger partial charge is 0.122 e. The fourth-order valence-corrected chi connectivity index (χ4v) is 1.98. The molecule has 0 atom stereocenters. The van der Waals surface area contributed by atoms with Crippen LogP contribution in [-0.2, 0) is 0 Å². The number of ether oxygens (including phenoxy) is 2. The van der Waals surface area contributed by atoms with Crippen LogP contribution < -0.4 is 9.47 Å². The van der Waals surface area contributed by atoms with E-state index in [0.29, 0.717) is 19.1 Å². The first-order valence-electron chi connectivity index (χ1n) is 7.32. The zero-order chi connectivity index (χ0) is 15.8. The van der Waals surface area contributed by atoms with E-state index in [4.69, 9.17) is 14.7 Å². The van der Waals surface area contributed by atoms with Gasteiger partial charge in [0.05, 0.1) is 6.21 Å². The Morgan fingerprint density at radius 1 is 0.909 bits per heavy atom. The van der Waals surface area contributed by atoms with Crippen molar-refractivity contribution in [2.75, 3.05) is 13.2 Å². The van der Waals surface area contributed by atoms with Crippen molar-refractivity contribution in [1.29, 1.82) is 0 Å². The molecule has 2 aromatic carbocycles. The highest BCUT2D eigenvalue weighted by Crippen LogP contribution is 2.18. The largest absolute Gasteiger partial charge is 0.490 e. The molecule has 0 aromatic heterocycles. The molecule has 0 amide bonds. The van der Waals surface area contributed by atoms with Crippen LogP contribution in [0.3, 0.4) is 0 Å². The lowest BCUT2D eigenvalue weighted by molar-refractivity contribution is 0.217. The maximum absolute atomic E-state index is 8.44. The molecule has 0 bridgehead atoms. The maximum Gasteiger partial charge on any atom is 0.122 e. The molecule has 0 spiro atoms. The first-order chi connectivity index (χ1) is 10.7. The SMILES string of the molecule is CC(C)c1ccc(OCCOc2ccc(C=NO)cc2)cc1. The van der Waals surface area contributed by atoms with E-state index in [2.05, 4.69) is 31.1 Å². The fraction of sp³-hybridized carbons (Fsp3) is 0.278. The summed E-state index contributed by atoms with van der Waals surface area (Å²) in [6, 6.07) is 15.4. The van der Waals surface area contributed by atoms with Crippen LogP contribution in [0.1, 0.15) is 30.9 Å². The molecule has 4 nitrogen and oxygen atoms in total. The Bertz CT molecular complexity index is 589. The van der Waals surface area contributed by atoms with Crippen LogP contribution >= 0.6 is 0 Å². The van der Waals surface area contributed by atoms with E-state index in [1.54, 1.807) is 0 Å². The monoisotopic (exact) mass is 299 g/mol. The molecule has 0 aliphatic carbocycles. The van der Waals surface area contributed by atoms with Gasteiger partial charge in [0, 0.05) is 0 Å². The van der Waals surface area contributed by atoms with Crippen molar-refractivity contribution >= 4 is 6.21 Å². The summed E-state index contributed by atoms with van der Waals surface area (Å²) < 4.78 is 11.2. The minimum absolute atomic E-state index is 0.472. The average Bonchev–Trinajstić information content (AvgIpc) is 2.54. The third kappa shape index (κ3) is 4.81. The van der Waals surface area contributed by atoms with Gasteiger partial charge in [0.25, 0.3) is 0 Å². The summed E-state index contributed by atoms with van der Waals surface area (Å²) in [7, 11) is 0. The molecule has 1 N–H and O–H groups in total. The van der Waals surface area contributed by atoms with E-state index in [9.17, 15) is 0 Å². The average molecular weight is 299 g/mol. The molecule has 0 saturated carbocycles. The van der Waals surface area contributed by atoms with Gasteiger partial charge in [-0.15, -0.1) is 0 Å². The molecule has 0 aliphatic rings. The van der Waals surface area contributed by atoms with Crippen LogP contribution in [0.15, 0.2) is 53.7 Å². The van der Waals surface area contributed by atoms with Gasteiger partial charge in [0.15, 0.2) is 0 Å². The van der Waals surface area contributed by atoms with Crippen LogP contribution in [-0.4, -0.2) is 24.6 Å². The van der Waals surface area contributed by atoms with Gasteiger partial charge in [0.2, 0.25) is 0 Å². The number of benzene rings is 2. The van der Waals surface area contributed by atoms with Gasteiger partial charge < -0.3 is 14.7 Å². The second-order valence-corrected chi connectivity index (χ2v) is 5.23. The van der Waals surface area contributed by atoms with E-state index in [1.165, 1.54) is 11.8 Å². The Hall–Kier alpha value is -2.49. The van der Waals surface area contributed by atoms with E-state index < -0.39 is 0 Å². The number of hydrogen-bond acceptors (Lipinski definition) is 4. The highest BCUT2D eigenvalue weighted by Gasteiger charge is 2.00. The first-order valence-corrected chi connectivity index (χ1v) is 7.32. The van der Waals surface area contributed by atoms with Crippen molar-refractivity contribution in [1.82, 2.24) is 0 Å². The van der Waals surface area contributed by atoms with E-state index in [0.717, 1.165) is 17.1 Å². The van der Waals surface area contributed by atoms with E-state index in [1.807, 2.05) is 36.4 Å². The van der Waals surface area contributed by atoms with Crippen LogP contribution in [0.25, 0.3) is 0 Å². The highest BCUT2D eigenvalue weighted by molar-refractivity contribution is 5.79. The van der Waals surface area contributed by atoms with Gasteiger partial charge in [-0.05, 0) is 53.4 Å². The lowest BCUT2D eigenvalue weighted by Gasteiger charge is -2.10. The van der Waals surface area contributed by atoms with Crippen molar-refractivity contribution < 1.29 is 14.7 Å². The molecule has 0 heterocycles. The van der Waals surface area contributed by atoms with E-state index in [-0.39, 0.29) is 0 Å². The predicted molar refractivity (Wildman–Crippen MR) is 87.3 cm³/mol. The van der Waals surface area contributed by atoms with Crippen LogP contribution in [0.2, 0.25) is 0 Å². The molecule has 116 valence electrons. The first kappa shape index (κ1) is 15.9. The summed E-state index contributed by atoms with van der Waals surface area (Å²) in [5.74, 6) is 2.13. The number of oxime groups is 1. The minimum Gasteiger partial charge on any atom is -0.490 e. The van der Waals surface area contributed by atoms with Gasteiger partial charge in [-0.3, -0.25) is 0 Å². The molecule has 4 heteroatoms. The van der Waals surface area contributed by atoms with Crippen LogP contribution in [0.4, 0.5) is 0 Å². The fourth-order valence-electron chi connectivity index (χ4n) is 1.98. The minimum atomic E-state index is 0.472. The van der Waals surface area contributed by atoms with Crippen molar-refractivity contribution in [3.05, 3.63) is 59.7 Å². The van der Waals surface area contributed by atoms with Crippen LogP contribution in [0.5, 0.6) is 11.5 Å². The number of nitrogens with zero attached hydrogens (tertiary/aromatic N) is 1. The topological polar surface area (TPSA) is 51.0 Å². The zero-order valence-corrected chi connectivity index (χ0v) is 12.9. The Morgan fingerprint density at radius 3 is 1.86 bits per heavy atom. The summed E-state index contributed by atoms with van der Waals surface area (Å²) in [5, 5.41) is 11.4. The Morgan fingerprint density at radius 2 is 1.41 bits per heavy atom. The lowest BCUT2D eigenvalue weighted by Crippen LogP contribution is -2.09. The summed E-state index contributed by atoms with van der Waals surface area (Å²) in [6.07, 6.45) is 1.37. The molecule has 0 radical (unpaired) electrons. The normalized spacial score (nSPS) is 11.0. The van der Waals surface area contributed by atoms with Crippen LogP contribution in [0, 0.1) is 0 Å². The Labute approximate surface area is 131 Å². The highest BCUT2D eigenvalue weighted by atomic mass is 16.5. The predicted octanol–water partition coefficient (Wildman–Crippen LogP) is 4.08. The van der Waals surface area contributed by atoms with Gasteiger partial charge >= 0.3 is 0 Å². The zero-order valence-electron chi connectivity index (χ0n) is 12.9. The Balaban J connectivity index is 1.74.